The van der Waals surface area contributed by atoms with E-state index in [2.05, 4.69) is 16.4 Å². The fourth-order valence-corrected chi connectivity index (χ4v) is 3.62. The standard InChI is InChI=1S/C17H22N4O2S/c1-12(2)17(23)20-9-13-8-18-11-21(13)15(10-20)16(22)19-6-5-14-4-3-7-24-14/h3-4,7-8,11-12,15H,5-6,9-10H2,1-2H3,(H,19,22)/t15-/m1/s1. The molecule has 7 heteroatoms. The van der Waals surface area contributed by atoms with Crippen LogP contribution in [-0.4, -0.2) is 39.4 Å². The van der Waals surface area contributed by atoms with Crippen LogP contribution in [-0.2, 0) is 22.6 Å². The minimum absolute atomic E-state index is 0.0629. The Morgan fingerprint density at radius 1 is 1.46 bits per heavy atom. The molecule has 0 aromatic carbocycles. The van der Waals surface area contributed by atoms with Gasteiger partial charge in [0, 0.05) is 23.5 Å². The molecule has 1 atom stereocenters. The van der Waals surface area contributed by atoms with Crippen LogP contribution in [0.3, 0.4) is 0 Å². The molecule has 2 aromatic rings. The van der Waals surface area contributed by atoms with Gasteiger partial charge in [0.1, 0.15) is 6.04 Å². The quantitative estimate of drug-likeness (QED) is 0.898. The summed E-state index contributed by atoms with van der Waals surface area (Å²) in [4.78, 5) is 32.1. The fraction of sp³-hybridized carbons (Fsp3) is 0.471. The summed E-state index contributed by atoms with van der Waals surface area (Å²) in [6.07, 6.45) is 4.23. The summed E-state index contributed by atoms with van der Waals surface area (Å²) < 4.78 is 1.88. The van der Waals surface area contributed by atoms with Gasteiger partial charge in [-0.05, 0) is 17.9 Å². The number of thiophene rings is 1. The second-order valence-electron chi connectivity index (χ2n) is 6.30. The second kappa shape index (κ2) is 7.17. The Morgan fingerprint density at radius 2 is 2.29 bits per heavy atom. The summed E-state index contributed by atoms with van der Waals surface area (Å²) in [6.45, 7) is 5.26. The van der Waals surface area contributed by atoms with Gasteiger partial charge in [0.2, 0.25) is 11.8 Å². The topological polar surface area (TPSA) is 67.2 Å². The van der Waals surface area contributed by atoms with Gasteiger partial charge < -0.3 is 14.8 Å². The van der Waals surface area contributed by atoms with Gasteiger partial charge >= 0.3 is 0 Å². The third-order valence-electron chi connectivity index (χ3n) is 4.19. The summed E-state index contributed by atoms with van der Waals surface area (Å²) >= 11 is 1.69. The SMILES string of the molecule is CC(C)C(=O)N1Cc2cncn2[C@@H](C(=O)NCCc2cccs2)C1. The van der Waals surface area contributed by atoms with Crippen LogP contribution in [0.5, 0.6) is 0 Å². The molecule has 2 aromatic heterocycles. The number of nitrogens with one attached hydrogen (secondary N) is 1. The van der Waals surface area contributed by atoms with Crippen LogP contribution in [0.25, 0.3) is 0 Å². The molecule has 3 heterocycles. The molecule has 0 spiro atoms. The van der Waals surface area contributed by atoms with Gasteiger partial charge in [-0.15, -0.1) is 11.3 Å². The first-order valence-corrected chi connectivity index (χ1v) is 9.04. The third kappa shape index (κ3) is 3.51. The predicted octanol–water partition coefficient (Wildman–Crippen LogP) is 1.84. The molecule has 128 valence electrons. The molecule has 24 heavy (non-hydrogen) atoms. The second-order valence-corrected chi connectivity index (χ2v) is 7.33. The Morgan fingerprint density at radius 3 is 3.00 bits per heavy atom. The van der Waals surface area contributed by atoms with Crippen molar-refractivity contribution in [2.45, 2.75) is 32.9 Å². The lowest BCUT2D eigenvalue weighted by atomic mass is 10.1. The van der Waals surface area contributed by atoms with Crippen molar-refractivity contribution >= 4 is 23.2 Å². The van der Waals surface area contributed by atoms with Crippen LogP contribution >= 0.6 is 11.3 Å². The van der Waals surface area contributed by atoms with Gasteiger partial charge in [-0.1, -0.05) is 19.9 Å². The number of carbonyl (C=O) groups excluding carboxylic acids is 2. The van der Waals surface area contributed by atoms with E-state index in [1.54, 1.807) is 28.8 Å². The van der Waals surface area contributed by atoms with E-state index in [9.17, 15) is 9.59 Å². The molecule has 0 bridgehead atoms. The lowest BCUT2D eigenvalue weighted by molar-refractivity contribution is -0.138. The first-order chi connectivity index (χ1) is 11.6. The van der Waals surface area contributed by atoms with Crippen LogP contribution in [0.4, 0.5) is 0 Å². The number of hydrogen-bond acceptors (Lipinski definition) is 4. The van der Waals surface area contributed by atoms with Crippen LogP contribution in [0.15, 0.2) is 30.0 Å². The van der Waals surface area contributed by atoms with E-state index in [1.807, 2.05) is 29.9 Å². The molecule has 0 radical (unpaired) electrons. The molecule has 0 saturated heterocycles. The number of aromatic nitrogens is 2. The average molecular weight is 346 g/mol. The first-order valence-electron chi connectivity index (χ1n) is 8.16. The molecule has 2 amide bonds. The highest BCUT2D eigenvalue weighted by Gasteiger charge is 2.32. The Labute approximate surface area is 145 Å². The van der Waals surface area contributed by atoms with Crippen molar-refractivity contribution in [3.8, 4) is 0 Å². The van der Waals surface area contributed by atoms with E-state index in [1.165, 1.54) is 4.88 Å². The number of hydrogen-bond donors (Lipinski definition) is 1. The zero-order valence-electron chi connectivity index (χ0n) is 13.9. The monoisotopic (exact) mass is 346 g/mol. The molecule has 1 N–H and O–H groups in total. The Kier molecular flexibility index (Phi) is 4.99. The lowest BCUT2D eigenvalue weighted by Gasteiger charge is -2.34. The van der Waals surface area contributed by atoms with Gasteiger partial charge in [0.25, 0.3) is 0 Å². The third-order valence-corrected chi connectivity index (χ3v) is 5.12. The smallest absolute Gasteiger partial charge is 0.244 e. The Balaban J connectivity index is 1.66. The zero-order chi connectivity index (χ0) is 17.1. The van der Waals surface area contributed by atoms with Crippen LogP contribution < -0.4 is 5.32 Å². The van der Waals surface area contributed by atoms with Gasteiger partial charge in [0.05, 0.1) is 25.1 Å². The largest absolute Gasteiger partial charge is 0.354 e. The molecule has 6 nitrogen and oxygen atoms in total. The minimum atomic E-state index is -0.415. The highest BCUT2D eigenvalue weighted by Crippen LogP contribution is 2.22. The molecule has 0 saturated carbocycles. The predicted molar refractivity (Wildman–Crippen MR) is 92.6 cm³/mol. The van der Waals surface area contributed by atoms with Crippen LogP contribution in [0.1, 0.15) is 30.5 Å². The number of rotatable bonds is 5. The highest BCUT2D eigenvalue weighted by atomic mass is 32.1. The van der Waals surface area contributed by atoms with Crippen molar-refractivity contribution in [1.29, 1.82) is 0 Å². The zero-order valence-corrected chi connectivity index (χ0v) is 14.8. The van der Waals surface area contributed by atoms with E-state index in [0.29, 0.717) is 19.6 Å². The van der Waals surface area contributed by atoms with E-state index in [0.717, 1.165) is 12.1 Å². The van der Waals surface area contributed by atoms with Gasteiger partial charge in [0.15, 0.2) is 0 Å². The van der Waals surface area contributed by atoms with E-state index in [4.69, 9.17) is 0 Å². The van der Waals surface area contributed by atoms with Crippen molar-refractivity contribution in [2.75, 3.05) is 13.1 Å². The molecular weight excluding hydrogens is 324 g/mol. The molecule has 0 unspecified atom stereocenters. The van der Waals surface area contributed by atoms with Crippen molar-refractivity contribution in [3.63, 3.8) is 0 Å². The van der Waals surface area contributed by atoms with Crippen LogP contribution in [0, 0.1) is 5.92 Å². The van der Waals surface area contributed by atoms with E-state index in [-0.39, 0.29) is 17.7 Å². The summed E-state index contributed by atoms with van der Waals surface area (Å²) in [7, 11) is 0. The number of nitrogens with zero attached hydrogens (tertiary/aromatic N) is 3. The number of amides is 2. The van der Waals surface area contributed by atoms with Crippen molar-refractivity contribution in [3.05, 3.63) is 40.6 Å². The van der Waals surface area contributed by atoms with Crippen molar-refractivity contribution in [1.82, 2.24) is 19.8 Å². The number of carbonyl (C=O) groups is 2. The van der Waals surface area contributed by atoms with Gasteiger partial charge in [-0.3, -0.25) is 9.59 Å². The maximum atomic E-state index is 12.6. The number of imidazole rings is 1. The molecule has 1 aliphatic heterocycles. The molecule has 0 aliphatic carbocycles. The number of fused-ring (bicyclic) bond motifs is 1. The molecular formula is C17H22N4O2S. The van der Waals surface area contributed by atoms with Crippen LogP contribution in [0.2, 0.25) is 0 Å². The first kappa shape index (κ1) is 16.7. The fourth-order valence-electron chi connectivity index (χ4n) is 2.92. The maximum Gasteiger partial charge on any atom is 0.244 e. The average Bonchev–Trinajstić information content (AvgIpc) is 3.24. The van der Waals surface area contributed by atoms with E-state index >= 15 is 0 Å². The Hall–Kier alpha value is -2.15. The minimum Gasteiger partial charge on any atom is -0.354 e. The van der Waals surface area contributed by atoms with Crippen molar-refractivity contribution in [2.24, 2.45) is 5.92 Å². The highest BCUT2D eigenvalue weighted by molar-refractivity contribution is 7.09. The molecule has 3 rings (SSSR count). The molecule has 0 fully saturated rings. The summed E-state index contributed by atoms with van der Waals surface area (Å²) in [6, 6.07) is 3.66. The normalized spacial score (nSPS) is 17.0. The Bertz CT molecular complexity index is 708. The molecule has 1 aliphatic rings. The van der Waals surface area contributed by atoms with Gasteiger partial charge in [-0.25, -0.2) is 4.98 Å². The van der Waals surface area contributed by atoms with E-state index < -0.39 is 6.04 Å². The lowest BCUT2D eigenvalue weighted by Crippen LogP contribution is -2.47. The summed E-state index contributed by atoms with van der Waals surface area (Å²) in [5.41, 5.74) is 0.897. The maximum absolute atomic E-state index is 12.6. The summed E-state index contributed by atoms with van der Waals surface area (Å²) in [5.74, 6) is -0.0760. The summed E-state index contributed by atoms with van der Waals surface area (Å²) in [5, 5.41) is 5.02. The van der Waals surface area contributed by atoms with Gasteiger partial charge in [-0.2, -0.15) is 0 Å². The van der Waals surface area contributed by atoms with Crippen molar-refractivity contribution < 1.29 is 9.59 Å².